The minimum Gasteiger partial charge on any atom is -0.494 e. The van der Waals surface area contributed by atoms with Gasteiger partial charge in [-0.3, -0.25) is 9.48 Å². The monoisotopic (exact) mass is 403 g/mol. The van der Waals surface area contributed by atoms with Crippen LogP contribution < -0.4 is 10.1 Å². The van der Waals surface area contributed by atoms with Crippen molar-refractivity contribution in [2.24, 2.45) is 5.41 Å². The lowest BCUT2D eigenvalue weighted by Gasteiger charge is -2.31. The summed E-state index contributed by atoms with van der Waals surface area (Å²) in [6, 6.07) is 11.8. The molecule has 154 valence electrons. The third kappa shape index (κ3) is 3.86. The Bertz CT molecular complexity index is 1140. The van der Waals surface area contributed by atoms with E-state index >= 15 is 0 Å². The highest BCUT2D eigenvalue weighted by atomic mass is 16.5. The van der Waals surface area contributed by atoms with Gasteiger partial charge in [0.25, 0.3) is 5.91 Å². The van der Waals surface area contributed by atoms with E-state index in [1.807, 2.05) is 49.0 Å². The molecule has 0 saturated heterocycles. The SMILES string of the molecule is COc1cc2nn(C3CCC(C)(C#N)CC3)cc2cc1NC(=O)c1cccc(C)n1. The Morgan fingerprint density at radius 3 is 2.77 bits per heavy atom. The van der Waals surface area contributed by atoms with Crippen molar-refractivity contribution >= 4 is 22.5 Å². The topological polar surface area (TPSA) is 92.8 Å². The second kappa shape index (κ2) is 7.79. The molecule has 1 saturated carbocycles. The van der Waals surface area contributed by atoms with E-state index in [-0.39, 0.29) is 17.4 Å². The molecule has 7 heteroatoms. The van der Waals surface area contributed by atoms with E-state index in [4.69, 9.17) is 9.84 Å². The Kier molecular flexibility index (Phi) is 5.17. The van der Waals surface area contributed by atoms with Crippen molar-refractivity contribution in [2.75, 3.05) is 12.4 Å². The van der Waals surface area contributed by atoms with Gasteiger partial charge in [-0.15, -0.1) is 0 Å². The molecule has 2 heterocycles. The zero-order valence-electron chi connectivity index (χ0n) is 17.5. The smallest absolute Gasteiger partial charge is 0.274 e. The van der Waals surface area contributed by atoms with Crippen molar-refractivity contribution in [3.63, 3.8) is 0 Å². The van der Waals surface area contributed by atoms with Gasteiger partial charge in [0.05, 0.1) is 35.8 Å². The average molecular weight is 403 g/mol. The fraction of sp³-hybridized carbons (Fsp3) is 0.391. The quantitative estimate of drug-likeness (QED) is 0.685. The second-order valence-corrected chi connectivity index (χ2v) is 8.24. The molecule has 1 fully saturated rings. The van der Waals surface area contributed by atoms with Crippen LogP contribution in [0.3, 0.4) is 0 Å². The predicted octanol–water partition coefficient (Wildman–Crippen LogP) is 4.65. The van der Waals surface area contributed by atoms with Crippen LogP contribution in [0.4, 0.5) is 5.69 Å². The summed E-state index contributed by atoms with van der Waals surface area (Å²) in [6.45, 7) is 3.88. The van der Waals surface area contributed by atoms with Gasteiger partial charge in [-0.05, 0) is 57.7 Å². The molecule has 0 atom stereocenters. The van der Waals surface area contributed by atoms with Gasteiger partial charge >= 0.3 is 0 Å². The van der Waals surface area contributed by atoms with E-state index in [1.54, 1.807) is 13.2 Å². The molecule has 7 nitrogen and oxygen atoms in total. The predicted molar refractivity (Wildman–Crippen MR) is 114 cm³/mol. The van der Waals surface area contributed by atoms with Crippen LogP contribution >= 0.6 is 0 Å². The standard InChI is InChI=1S/C23H25N5O2/c1-15-5-4-6-18(25-15)22(29)26-20-11-16-13-28(27-19(16)12-21(20)30-3)17-7-9-23(2,14-24)10-8-17/h4-6,11-13,17H,7-10H2,1-3H3,(H,26,29). The lowest BCUT2D eigenvalue weighted by molar-refractivity contribution is 0.102. The molecule has 30 heavy (non-hydrogen) atoms. The first-order valence-corrected chi connectivity index (χ1v) is 10.1. The molecule has 0 aliphatic heterocycles. The number of anilines is 1. The van der Waals surface area contributed by atoms with Crippen LogP contribution in [0.2, 0.25) is 0 Å². The maximum atomic E-state index is 12.6. The first kappa shape index (κ1) is 19.9. The number of ether oxygens (including phenoxy) is 1. The first-order valence-electron chi connectivity index (χ1n) is 10.1. The lowest BCUT2D eigenvalue weighted by Crippen LogP contribution is -2.24. The maximum absolute atomic E-state index is 12.6. The van der Waals surface area contributed by atoms with Crippen LogP contribution in [0.25, 0.3) is 10.9 Å². The number of aromatic nitrogens is 3. The third-order valence-electron chi connectivity index (χ3n) is 5.92. The average Bonchev–Trinajstić information content (AvgIpc) is 3.16. The summed E-state index contributed by atoms with van der Waals surface area (Å²) in [7, 11) is 1.57. The van der Waals surface area contributed by atoms with E-state index in [0.717, 1.165) is 42.3 Å². The highest BCUT2D eigenvalue weighted by molar-refractivity contribution is 6.05. The largest absolute Gasteiger partial charge is 0.494 e. The number of pyridine rings is 1. The highest BCUT2D eigenvalue weighted by Crippen LogP contribution is 2.40. The normalized spacial score (nSPS) is 21.2. The minimum atomic E-state index is -0.285. The Hall–Kier alpha value is -3.40. The second-order valence-electron chi connectivity index (χ2n) is 8.24. The number of carbonyl (C=O) groups excluding carboxylic acids is 1. The van der Waals surface area contributed by atoms with E-state index in [9.17, 15) is 10.1 Å². The summed E-state index contributed by atoms with van der Waals surface area (Å²) in [5, 5.41) is 17.9. The summed E-state index contributed by atoms with van der Waals surface area (Å²) in [5.41, 5.74) is 2.31. The summed E-state index contributed by atoms with van der Waals surface area (Å²) < 4.78 is 7.48. The zero-order chi connectivity index (χ0) is 21.3. The van der Waals surface area contributed by atoms with Gasteiger partial charge in [-0.2, -0.15) is 10.4 Å². The van der Waals surface area contributed by atoms with Gasteiger partial charge in [-0.25, -0.2) is 4.98 Å². The summed E-state index contributed by atoms with van der Waals surface area (Å²) in [4.78, 5) is 16.9. The number of methoxy groups -OCH3 is 1. The number of nitriles is 1. The van der Waals surface area contributed by atoms with E-state index in [2.05, 4.69) is 16.4 Å². The van der Waals surface area contributed by atoms with E-state index < -0.39 is 0 Å². The van der Waals surface area contributed by atoms with Gasteiger partial charge in [0.15, 0.2) is 0 Å². The molecular weight excluding hydrogens is 378 g/mol. The fourth-order valence-electron chi connectivity index (χ4n) is 4.00. The summed E-state index contributed by atoms with van der Waals surface area (Å²) >= 11 is 0. The number of rotatable bonds is 4. The number of hydrogen-bond acceptors (Lipinski definition) is 5. The van der Waals surface area contributed by atoms with Crippen LogP contribution in [0.5, 0.6) is 5.75 Å². The molecule has 0 unspecified atom stereocenters. The minimum absolute atomic E-state index is 0.229. The number of benzene rings is 1. The highest BCUT2D eigenvalue weighted by Gasteiger charge is 2.32. The maximum Gasteiger partial charge on any atom is 0.274 e. The lowest BCUT2D eigenvalue weighted by atomic mass is 9.75. The molecule has 1 aliphatic carbocycles. The van der Waals surface area contributed by atoms with Crippen molar-refractivity contribution < 1.29 is 9.53 Å². The molecule has 1 aliphatic rings. The Balaban J connectivity index is 1.59. The molecule has 3 aromatic rings. The van der Waals surface area contributed by atoms with Crippen LogP contribution in [0.1, 0.15) is 54.8 Å². The molecule has 2 aromatic heterocycles. The number of carbonyl (C=O) groups is 1. The first-order chi connectivity index (χ1) is 14.4. The van der Waals surface area contributed by atoms with Crippen LogP contribution in [-0.4, -0.2) is 27.8 Å². The van der Waals surface area contributed by atoms with Crippen molar-refractivity contribution in [2.45, 2.75) is 45.6 Å². The van der Waals surface area contributed by atoms with Crippen molar-refractivity contribution in [3.8, 4) is 11.8 Å². The van der Waals surface area contributed by atoms with E-state index in [1.165, 1.54) is 0 Å². The number of hydrogen-bond donors (Lipinski definition) is 1. The van der Waals surface area contributed by atoms with Gasteiger partial charge in [-0.1, -0.05) is 6.07 Å². The zero-order valence-corrected chi connectivity index (χ0v) is 17.5. The molecule has 0 radical (unpaired) electrons. The Labute approximate surface area is 175 Å². The summed E-state index contributed by atoms with van der Waals surface area (Å²) in [5.74, 6) is 0.265. The number of nitrogens with zero attached hydrogens (tertiary/aromatic N) is 4. The number of nitrogens with one attached hydrogen (secondary N) is 1. The fourth-order valence-corrected chi connectivity index (χ4v) is 4.00. The molecule has 1 aromatic carbocycles. The Morgan fingerprint density at radius 1 is 1.33 bits per heavy atom. The molecule has 1 N–H and O–H groups in total. The van der Waals surface area contributed by atoms with Crippen LogP contribution in [0, 0.1) is 23.7 Å². The van der Waals surface area contributed by atoms with Gasteiger partial charge in [0.2, 0.25) is 0 Å². The molecule has 0 bridgehead atoms. The number of amides is 1. The Morgan fingerprint density at radius 2 is 2.10 bits per heavy atom. The van der Waals surface area contributed by atoms with Gasteiger partial charge < -0.3 is 10.1 Å². The van der Waals surface area contributed by atoms with Gasteiger partial charge in [0.1, 0.15) is 11.4 Å². The summed E-state index contributed by atoms with van der Waals surface area (Å²) in [6.07, 6.45) is 5.61. The van der Waals surface area contributed by atoms with Crippen LogP contribution in [0.15, 0.2) is 36.5 Å². The molecular formula is C23H25N5O2. The van der Waals surface area contributed by atoms with Gasteiger partial charge in [0, 0.05) is 23.3 Å². The van der Waals surface area contributed by atoms with Crippen molar-refractivity contribution in [3.05, 3.63) is 47.9 Å². The van der Waals surface area contributed by atoms with Crippen LogP contribution in [-0.2, 0) is 0 Å². The van der Waals surface area contributed by atoms with Crippen molar-refractivity contribution in [1.82, 2.24) is 14.8 Å². The number of fused-ring (bicyclic) bond motifs is 1. The molecule has 0 spiro atoms. The van der Waals surface area contributed by atoms with E-state index in [0.29, 0.717) is 17.1 Å². The number of aryl methyl sites for hydroxylation is 1. The third-order valence-corrected chi connectivity index (χ3v) is 5.92. The molecule has 1 amide bonds. The molecule has 4 rings (SSSR count). The van der Waals surface area contributed by atoms with Crippen molar-refractivity contribution in [1.29, 1.82) is 5.26 Å².